The highest BCUT2D eigenvalue weighted by Crippen LogP contribution is 2.38. The van der Waals surface area contributed by atoms with Crippen LogP contribution in [0.1, 0.15) is 24.5 Å². The van der Waals surface area contributed by atoms with Gasteiger partial charge >= 0.3 is 0 Å². The lowest BCUT2D eigenvalue weighted by molar-refractivity contribution is 0.103. The minimum atomic E-state index is 0.399. The van der Waals surface area contributed by atoms with Crippen molar-refractivity contribution in [1.29, 1.82) is 0 Å². The lowest BCUT2D eigenvalue weighted by Crippen LogP contribution is -2.19. The van der Waals surface area contributed by atoms with Gasteiger partial charge in [-0.2, -0.15) is 0 Å². The Kier molecular flexibility index (Phi) is 2.88. The molecule has 1 saturated heterocycles. The van der Waals surface area contributed by atoms with Crippen molar-refractivity contribution in [2.45, 2.75) is 25.3 Å². The number of hydrogen-bond acceptors (Lipinski definition) is 4. The third-order valence-electron chi connectivity index (χ3n) is 3.08. The summed E-state index contributed by atoms with van der Waals surface area (Å²) in [4.78, 5) is 0. The van der Waals surface area contributed by atoms with Crippen molar-refractivity contribution >= 4 is 0 Å². The van der Waals surface area contributed by atoms with Crippen molar-refractivity contribution in [2.24, 2.45) is 5.92 Å². The average Bonchev–Trinajstić information content (AvgIpc) is 3.07. The third-order valence-corrected chi connectivity index (χ3v) is 3.08. The lowest BCUT2D eigenvalue weighted by atomic mass is 10.2. The molecule has 2 fully saturated rings. The molecular weight excluding hydrogens is 206 g/mol. The molecule has 0 amide bonds. The molecule has 1 aliphatic heterocycles. The Morgan fingerprint density at radius 3 is 2.69 bits per heavy atom. The highest BCUT2D eigenvalue weighted by Gasteiger charge is 2.26. The molecule has 1 aromatic rings. The van der Waals surface area contributed by atoms with Gasteiger partial charge in [0, 0.05) is 24.6 Å². The van der Waals surface area contributed by atoms with E-state index < -0.39 is 0 Å². The zero-order valence-corrected chi connectivity index (χ0v) is 9.34. The van der Waals surface area contributed by atoms with Crippen molar-refractivity contribution in [3.05, 3.63) is 11.9 Å². The fourth-order valence-electron chi connectivity index (χ4n) is 2.00. The zero-order valence-electron chi connectivity index (χ0n) is 9.34. The minimum absolute atomic E-state index is 0.399. The summed E-state index contributed by atoms with van der Waals surface area (Å²) in [5, 5.41) is 8.36. The maximum Gasteiger partial charge on any atom is 0.0857 e. The SMILES string of the molecule is c1c(C2CC2)nnn1CC1COCCOC1. The largest absolute Gasteiger partial charge is 0.379 e. The van der Waals surface area contributed by atoms with Crippen molar-refractivity contribution in [3.8, 4) is 0 Å². The second kappa shape index (κ2) is 4.51. The van der Waals surface area contributed by atoms with Gasteiger partial charge in [0.1, 0.15) is 0 Å². The van der Waals surface area contributed by atoms with Gasteiger partial charge in [-0.1, -0.05) is 5.21 Å². The van der Waals surface area contributed by atoms with E-state index in [1.807, 2.05) is 4.68 Å². The number of hydrogen-bond donors (Lipinski definition) is 0. The van der Waals surface area contributed by atoms with Crippen LogP contribution in [0.5, 0.6) is 0 Å². The molecule has 0 bridgehead atoms. The summed E-state index contributed by atoms with van der Waals surface area (Å²) in [5.74, 6) is 1.08. The first-order chi connectivity index (χ1) is 7.92. The molecule has 0 spiro atoms. The van der Waals surface area contributed by atoms with Gasteiger partial charge in [-0.3, -0.25) is 4.68 Å². The molecule has 0 unspecified atom stereocenters. The molecule has 0 atom stereocenters. The number of ether oxygens (including phenoxy) is 2. The molecule has 5 heteroatoms. The molecule has 2 aliphatic rings. The number of rotatable bonds is 3. The predicted octanol–water partition coefficient (Wildman–Crippen LogP) is 0.819. The second-order valence-electron chi connectivity index (χ2n) is 4.66. The standard InChI is InChI=1S/C11H17N3O2/c1-2-10(1)11-6-14(13-12-11)5-9-7-15-3-4-16-8-9/h6,9-10H,1-5,7-8H2. The fraction of sp³-hybridized carbons (Fsp3) is 0.818. The third kappa shape index (κ3) is 2.41. The Balaban J connectivity index is 1.58. The zero-order chi connectivity index (χ0) is 10.8. The number of aromatic nitrogens is 3. The summed E-state index contributed by atoms with van der Waals surface area (Å²) in [6.45, 7) is 3.79. The van der Waals surface area contributed by atoms with E-state index in [9.17, 15) is 0 Å². The van der Waals surface area contributed by atoms with Crippen LogP contribution in [0.2, 0.25) is 0 Å². The summed E-state index contributed by atoms with van der Waals surface area (Å²) in [5.41, 5.74) is 1.15. The maximum absolute atomic E-state index is 5.46. The number of nitrogens with zero attached hydrogens (tertiary/aromatic N) is 3. The summed E-state index contributed by atoms with van der Waals surface area (Å²) in [7, 11) is 0. The van der Waals surface area contributed by atoms with Gasteiger partial charge in [0.25, 0.3) is 0 Å². The first-order valence-electron chi connectivity index (χ1n) is 5.97. The van der Waals surface area contributed by atoms with E-state index in [0.717, 1.165) is 25.5 Å². The molecule has 16 heavy (non-hydrogen) atoms. The van der Waals surface area contributed by atoms with E-state index in [-0.39, 0.29) is 0 Å². The van der Waals surface area contributed by atoms with Gasteiger partial charge in [-0.05, 0) is 12.8 Å². The molecule has 0 aromatic carbocycles. The van der Waals surface area contributed by atoms with Gasteiger partial charge < -0.3 is 9.47 Å². The Hall–Kier alpha value is -0.940. The molecule has 0 radical (unpaired) electrons. The molecule has 0 N–H and O–H groups in total. The van der Waals surface area contributed by atoms with Gasteiger partial charge in [0.05, 0.1) is 32.1 Å². The van der Waals surface area contributed by atoms with Gasteiger partial charge in [0.15, 0.2) is 0 Å². The first-order valence-corrected chi connectivity index (χ1v) is 5.97. The molecule has 1 saturated carbocycles. The highest BCUT2D eigenvalue weighted by atomic mass is 16.5. The Morgan fingerprint density at radius 1 is 1.25 bits per heavy atom. The normalized spacial score (nSPS) is 23.2. The van der Waals surface area contributed by atoms with Crippen LogP contribution in [-0.2, 0) is 16.0 Å². The fourth-order valence-corrected chi connectivity index (χ4v) is 2.00. The first kappa shape index (κ1) is 10.2. The molecule has 88 valence electrons. The van der Waals surface area contributed by atoms with E-state index in [1.165, 1.54) is 12.8 Å². The summed E-state index contributed by atoms with van der Waals surface area (Å²) < 4.78 is 12.8. The van der Waals surface area contributed by atoms with Gasteiger partial charge in [-0.25, -0.2) is 0 Å². The van der Waals surface area contributed by atoms with Crippen LogP contribution in [0.3, 0.4) is 0 Å². The van der Waals surface area contributed by atoms with E-state index in [1.54, 1.807) is 0 Å². The highest BCUT2D eigenvalue weighted by molar-refractivity contribution is 5.08. The quantitative estimate of drug-likeness (QED) is 0.761. The summed E-state index contributed by atoms with van der Waals surface area (Å²) in [6, 6.07) is 0. The van der Waals surface area contributed by atoms with Crippen molar-refractivity contribution in [2.75, 3.05) is 26.4 Å². The predicted molar refractivity (Wildman–Crippen MR) is 57.1 cm³/mol. The van der Waals surface area contributed by atoms with Gasteiger partial charge in [-0.15, -0.1) is 5.10 Å². The minimum Gasteiger partial charge on any atom is -0.379 e. The molecule has 1 aromatic heterocycles. The van der Waals surface area contributed by atoms with Crippen LogP contribution >= 0.6 is 0 Å². The Morgan fingerprint density at radius 2 is 2.00 bits per heavy atom. The molecule has 5 nitrogen and oxygen atoms in total. The molecule has 2 heterocycles. The van der Waals surface area contributed by atoms with E-state index >= 15 is 0 Å². The average molecular weight is 223 g/mol. The Labute approximate surface area is 94.7 Å². The maximum atomic E-state index is 5.46. The van der Waals surface area contributed by atoms with E-state index in [4.69, 9.17) is 9.47 Å². The molecular formula is C11H17N3O2. The van der Waals surface area contributed by atoms with Crippen molar-refractivity contribution < 1.29 is 9.47 Å². The second-order valence-corrected chi connectivity index (χ2v) is 4.66. The summed E-state index contributed by atoms with van der Waals surface area (Å²) >= 11 is 0. The van der Waals surface area contributed by atoms with Crippen molar-refractivity contribution in [1.82, 2.24) is 15.0 Å². The van der Waals surface area contributed by atoms with Crippen LogP contribution in [0.15, 0.2) is 6.20 Å². The van der Waals surface area contributed by atoms with Crippen LogP contribution in [0.4, 0.5) is 0 Å². The van der Waals surface area contributed by atoms with Gasteiger partial charge in [0.2, 0.25) is 0 Å². The molecule has 3 rings (SSSR count). The van der Waals surface area contributed by atoms with Crippen LogP contribution in [0.25, 0.3) is 0 Å². The topological polar surface area (TPSA) is 49.2 Å². The summed E-state index contributed by atoms with van der Waals surface area (Å²) in [6.07, 6.45) is 4.62. The monoisotopic (exact) mass is 223 g/mol. The lowest BCUT2D eigenvalue weighted by Gasteiger charge is -2.11. The van der Waals surface area contributed by atoms with Crippen LogP contribution < -0.4 is 0 Å². The molecule has 1 aliphatic carbocycles. The van der Waals surface area contributed by atoms with E-state index in [2.05, 4.69) is 16.5 Å². The van der Waals surface area contributed by atoms with Crippen LogP contribution in [0, 0.1) is 5.92 Å². The van der Waals surface area contributed by atoms with E-state index in [0.29, 0.717) is 25.0 Å². The van der Waals surface area contributed by atoms with Crippen LogP contribution in [-0.4, -0.2) is 41.4 Å². The smallest absolute Gasteiger partial charge is 0.0857 e. The van der Waals surface area contributed by atoms with Crippen molar-refractivity contribution in [3.63, 3.8) is 0 Å². The Bertz CT molecular complexity index is 341.